The van der Waals surface area contributed by atoms with Crippen molar-refractivity contribution in [2.24, 2.45) is 0 Å². The van der Waals surface area contributed by atoms with Crippen LogP contribution in [0.1, 0.15) is 25.3 Å². The van der Waals surface area contributed by atoms with Gasteiger partial charge in [0.15, 0.2) is 0 Å². The minimum Gasteiger partial charge on any atom is -0.496 e. The van der Waals surface area contributed by atoms with Gasteiger partial charge in [0.1, 0.15) is 5.75 Å². The van der Waals surface area contributed by atoms with E-state index in [1.54, 1.807) is 7.11 Å². The van der Waals surface area contributed by atoms with Gasteiger partial charge in [-0.3, -0.25) is 0 Å². The molecule has 0 fully saturated rings. The molecule has 1 nitrogen and oxygen atoms in total. The molecule has 21 heavy (non-hydrogen) atoms. The number of methoxy groups -OCH3 is 1. The highest BCUT2D eigenvalue weighted by atomic mass is 79.9. The van der Waals surface area contributed by atoms with Crippen LogP contribution in [-0.2, 0) is 6.42 Å². The molecule has 0 bridgehead atoms. The van der Waals surface area contributed by atoms with Crippen LogP contribution in [0.5, 0.6) is 5.75 Å². The normalized spacial score (nSPS) is 12.1. The topological polar surface area (TPSA) is 9.23 Å². The molecule has 2 aromatic carbocycles. The summed E-state index contributed by atoms with van der Waals surface area (Å²) in [5, 5.41) is 0.644. The lowest BCUT2D eigenvalue weighted by Gasteiger charge is -2.15. The predicted octanol–water partition coefficient (Wildman–Crippen LogP) is 5.96. The first-order chi connectivity index (χ1) is 10.2. The van der Waals surface area contributed by atoms with Crippen molar-refractivity contribution in [2.75, 3.05) is 7.11 Å². The number of hydrogen-bond acceptors (Lipinski definition) is 2. The van der Waals surface area contributed by atoms with Crippen molar-refractivity contribution in [1.29, 1.82) is 0 Å². The van der Waals surface area contributed by atoms with Gasteiger partial charge in [-0.25, -0.2) is 0 Å². The Labute approximate surface area is 140 Å². The van der Waals surface area contributed by atoms with Crippen LogP contribution in [0.15, 0.2) is 57.9 Å². The summed E-state index contributed by atoms with van der Waals surface area (Å²) in [6, 6.07) is 17.0. The molecule has 0 saturated heterocycles. The minimum atomic E-state index is 0.644. The molecule has 1 unspecified atom stereocenters. The maximum Gasteiger partial charge on any atom is 0.133 e. The highest BCUT2D eigenvalue weighted by Gasteiger charge is 2.10. The van der Waals surface area contributed by atoms with Crippen molar-refractivity contribution >= 4 is 27.7 Å². The number of thioether (sulfide) groups is 1. The van der Waals surface area contributed by atoms with Gasteiger partial charge in [0.05, 0.1) is 11.6 Å². The molecule has 0 N–H and O–H groups in total. The zero-order chi connectivity index (χ0) is 15.1. The fourth-order valence-corrected chi connectivity index (χ4v) is 4.04. The van der Waals surface area contributed by atoms with Crippen LogP contribution in [-0.4, -0.2) is 12.4 Å². The van der Waals surface area contributed by atoms with Gasteiger partial charge in [0.2, 0.25) is 0 Å². The Kier molecular flexibility index (Phi) is 6.65. The maximum absolute atomic E-state index is 5.28. The van der Waals surface area contributed by atoms with E-state index in [9.17, 15) is 0 Å². The van der Waals surface area contributed by atoms with Crippen molar-refractivity contribution in [3.8, 4) is 5.75 Å². The second-order valence-electron chi connectivity index (χ2n) is 4.97. The average molecular weight is 365 g/mol. The molecule has 0 aliphatic carbocycles. The number of aryl methyl sites for hydroxylation is 1. The van der Waals surface area contributed by atoms with E-state index in [0.29, 0.717) is 5.25 Å². The Hall–Kier alpha value is -0.930. The van der Waals surface area contributed by atoms with Gasteiger partial charge >= 0.3 is 0 Å². The molecule has 0 aromatic heterocycles. The van der Waals surface area contributed by atoms with Crippen LogP contribution < -0.4 is 4.74 Å². The molecular weight excluding hydrogens is 344 g/mol. The monoisotopic (exact) mass is 364 g/mol. The molecular formula is C18H21BrOS. The lowest BCUT2D eigenvalue weighted by Crippen LogP contribution is -2.03. The summed E-state index contributed by atoms with van der Waals surface area (Å²) in [5.41, 5.74) is 1.42. The van der Waals surface area contributed by atoms with Crippen LogP contribution in [0.2, 0.25) is 0 Å². The van der Waals surface area contributed by atoms with Gasteiger partial charge in [-0.05, 0) is 59.0 Å². The van der Waals surface area contributed by atoms with E-state index in [1.165, 1.54) is 23.3 Å². The molecule has 0 amide bonds. The largest absolute Gasteiger partial charge is 0.496 e. The zero-order valence-corrected chi connectivity index (χ0v) is 14.9. The summed E-state index contributed by atoms with van der Waals surface area (Å²) >= 11 is 5.51. The first-order valence-corrected chi connectivity index (χ1v) is 8.94. The highest BCUT2D eigenvalue weighted by molar-refractivity contribution is 9.10. The molecule has 0 aliphatic rings. The quantitative estimate of drug-likeness (QED) is 0.560. The number of ether oxygens (including phenoxy) is 1. The summed E-state index contributed by atoms with van der Waals surface area (Å²) in [7, 11) is 1.70. The van der Waals surface area contributed by atoms with E-state index in [-0.39, 0.29) is 0 Å². The van der Waals surface area contributed by atoms with Crippen LogP contribution in [0.4, 0.5) is 0 Å². The van der Waals surface area contributed by atoms with E-state index in [4.69, 9.17) is 4.74 Å². The van der Waals surface area contributed by atoms with Gasteiger partial charge in [0.25, 0.3) is 0 Å². The molecule has 3 heteroatoms. The third-order valence-corrected chi connectivity index (χ3v) is 5.53. The standard InChI is InChI=1S/C18H21BrOS/c1-3-15(10-9-14-7-5-4-6-8-14)21-16-11-12-18(20-2)17(19)13-16/h4-8,11-13,15H,3,9-10H2,1-2H3. The summed E-state index contributed by atoms with van der Waals surface area (Å²) in [6.07, 6.45) is 3.53. The second-order valence-corrected chi connectivity index (χ2v) is 7.20. The van der Waals surface area contributed by atoms with Crippen LogP contribution in [0.3, 0.4) is 0 Å². The molecule has 0 spiro atoms. The van der Waals surface area contributed by atoms with E-state index in [0.717, 1.165) is 16.6 Å². The molecule has 112 valence electrons. The summed E-state index contributed by atoms with van der Waals surface area (Å²) in [5.74, 6) is 0.886. The number of benzene rings is 2. The Morgan fingerprint density at radius 2 is 1.90 bits per heavy atom. The van der Waals surface area contributed by atoms with Crippen molar-refractivity contribution in [1.82, 2.24) is 0 Å². The molecule has 0 aliphatic heterocycles. The molecule has 1 atom stereocenters. The second kappa shape index (κ2) is 8.50. The molecule has 0 saturated carbocycles. The number of halogens is 1. The zero-order valence-electron chi connectivity index (χ0n) is 12.5. The Balaban J connectivity index is 1.94. The third kappa shape index (κ3) is 5.08. The van der Waals surface area contributed by atoms with E-state index in [2.05, 4.69) is 65.3 Å². The van der Waals surface area contributed by atoms with Crippen molar-refractivity contribution < 1.29 is 4.74 Å². The predicted molar refractivity (Wildman–Crippen MR) is 95.4 cm³/mol. The molecule has 2 rings (SSSR count). The van der Waals surface area contributed by atoms with E-state index >= 15 is 0 Å². The van der Waals surface area contributed by atoms with Crippen LogP contribution >= 0.6 is 27.7 Å². The smallest absolute Gasteiger partial charge is 0.133 e. The summed E-state index contributed by atoms with van der Waals surface area (Å²) in [6.45, 7) is 2.27. The lowest BCUT2D eigenvalue weighted by atomic mass is 10.1. The SMILES string of the molecule is CCC(CCc1ccccc1)Sc1ccc(OC)c(Br)c1. The maximum atomic E-state index is 5.28. The van der Waals surface area contributed by atoms with Crippen LogP contribution in [0.25, 0.3) is 0 Å². The first kappa shape index (κ1) is 16.4. The Morgan fingerprint density at radius 3 is 2.52 bits per heavy atom. The Bertz CT molecular complexity index is 556. The van der Waals surface area contributed by atoms with E-state index < -0.39 is 0 Å². The number of hydrogen-bond donors (Lipinski definition) is 0. The average Bonchev–Trinajstić information content (AvgIpc) is 2.52. The molecule has 2 aromatic rings. The van der Waals surface area contributed by atoms with Gasteiger partial charge in [-0.1, -0.05) is 37.3 Å². The summed E-state index contributed by atoms with van der Waals surface area (Å²) in [4.78, 5) is 1.29. The van der Waals surface area contributed by atoms with Crippen molar-refractivity contribution in [3.63, 3.8) is 0 Å². The van der Waals surface area contributed by atoms with Gasteiger partial charge in [-0.15, -0.1) is 11.8 Å². The van der Waals surface area contributed by atoms with Crippen molar-refractivity contribution in [3.05, 3.63) is 58.6 Å². The van der Waals surface area contributed by atoms with Gasteiger partial charge in [-0.2, -0.15) is 0 Å². The van der Waals surface area contributed by atoms with Gasteiger partial charge in [0, 0.05) is 10.1 Å². The highest BCUT2D eigenvalue weighted by Crippen LogP contribution is 2.34. The fraction of sp³-hybridized carbons (Fsp3) is 0.333. The van der Waals surface area contributed by atoms with Gasteiger partial charge < -0.3 is 4.74 Å². The van der Waals surface area contributed by atoms with Crippen LogP contribution in [0, 0.1) is 0 Å². The van der Waals surface area contributed by atoms with Crippen molar-refractivity contribution in [2.45, 2.75) is 36.3 Å². The summed E-state index contributed by atoms with van der Waals surface area (Å²) < 4.78 is 6.30. The minimum absolute atomic E-state index is 0.644. The number of rotatable bonds is 7. The molecule has 0 radical (unpaired) electrons. The fourth-order valence-electron chi connectivity index (χ4n) is 2.23. The first-order valence-electron chi connectivity index (χ1n) is 7.27. The van der Waals surface area contributed by atoms with E-state index in [1.807, 2.05) is 17.8 Å². The molecule has 0 heterocycles. The lowest BCUT2D eigenvalue weighted by molar-refractivity contribution is 0.412. The third-order valence-electron chi connectivity index (χ3n) is 3.48. The Morgan fingerprint density at radius 1 is 1.14 bits per heavy atom.